The van der Waals surface area contributed by atoms with Gasteiger partial charge in [-0.1, -0.05) is 48.5 Å². The Morgan fingerprint density at radius 3 is 2.09 bits per heavy atom. The van der Waals surface area contributed by atoms with E-state index in [1.165, 1.54) is 12.0 Å². The Hall–Kier alpha value is -3.39. The lowest BCUT2D eigenvalue weighted by atomic mass is 9.98. The van der Waals surface area contributed by atoms with E-state index in [4.69, 9.17) is 9.47 Å². The molecule has 2 N–H and O–H groups in total. The number of ether oxygens (including phenoxy) is 2. The largest absolute Gasteiger partial charge is 0.480 e. The fourth-order valence-electron chi connectivity index (χ4n) is 4.24. The third-order valence-electron chi connectivity index (χ3n) is 5.91. The minimum Gasteiger partial charge on any atom is -0.480 e. The maximum Gasteiger partial charge on any atom is 0.407 e. The highest BCUT2D eigenvalue weighted by molar-refractivity contribution is 5.88. The number of alkyl carbamates (subject to hydrolysis) is 1. The van der Waals surface area contributed by atoms with E-state index in [1.54, 1.807) is 20.8 Å². The van der Waals surface area contributed by atoms with Gasteiger partial charge in [0.15, 0.2) is 0 Å². The van der Waals surface area contributed by atoms with Crippen molar-refractivity contribution in [3.05, 3.63) is 59.7 Å². The molecule has 0 saturated heterocycles. The number of carbonyl (C=O) groups is 3. The molecule has 8 heteroatoms. The lowest BCUT2D eigenvalue weighted by Crippen LogP contribution is -2.56. The fourth-order valence-corrected chi connectivity index (χ4v) is 4.24. The number of benzene rings is 2. The van der Waals surface area contributed by atoms with Crippen LogP contribution in [0.15, 0.2) is 48.5 Å². The maximum absolute atomic E-state index is 13.2. The van der Waals surface area contributed by atoms with E-state index in [-0.39, 0.29) is 25.6 Å². The lowest BCUT2D eigenvalue weighted by molar-refractivity contribution is -0.149. The zero-order chi connectivity index (χ0) is 24.9. The van der Waals surface area contributed by atoms with Crippen molar-refractivity contribution >= 4 is 18.0 Å². The first-order valence-electron chi connectivity index (χ1n) is 11.3. The van der Waals surface area contributed by atoms with Gasteiger partial charge < -0.3 is 24.8 Å². The van der Waals surface area contributed by atoms with Gasteiger partial charge in [-0.05, 0) is 43.0 Å². The minimum absolute atomic E-state index is 0.107. The summed E-state index contributed by atoms with van der Waals surface area (Å²) in [5.74, 6) is -1.74. The summed E-state index contributed by atoms with van der Waals surface area (Å²) in [6.45, 7) is 5.09. The van der Waals surface area contributed by atoms with Crippen LogP contribution in [0.3, 0.4) is 0 Å². The number of carboxylic acid groups (broad SMARTS) is 1. The fraction of sp³-hybridized carbons (Fsp3) is 0.423. The summed E-state index contributed by atoms with van der Waals surface area (Å²) in [7, 11) is 1.49. The summed E-state index contributed by atoms with van der Waals surface area (Å²) < 4.78 is 10.7. The average Bonchev–Trinajstić information content (AvgIpc) is 3.11. The molecule has 2 aromatic rings. The first kappa shape index (κ1) is 25.2. The summed E-state index contributed by atoms with van der Waals surface area (Å²) in [6, 6.07) is 15.1. The molecule has 8 nitrogen and oxygen atoms in total. The highest BCUT2D eigenvalue weighted by Gasteiger charge is 2.35. The predicted molar refractivity (Wildman–Crippen MR) is 128 cm³/mol. The zero-order valence-corrected chi connectivity index (χ0v) is 20.0. The van der Waals surface area contributed by atoms with Crippen molar-refractivity contribution in [1.29, 1.82) is 0 Å². The quantitative estimate of drug-likeness (QED) is 0.582. The Morgan fingerprint density at radius 1 is 1.03 bits per heavy atom. The minimum atomic E-state index is -1.13. The number of carboxylic acids is 1. The number of amides is 2. The summed E-state index contributed by atoms with van der Waals surface area (Å²) in [6.07, 6.45) is -0.549. The van der Waals surface area contributed by atoms with Crippen LogP contribution in [0, 0.1) is 0 Å². The van der Waals surface area contributed by atoms with E-state index >= 15 is 0 Å². The summed E-state index contributed by atoms with van der Waals surface area (Å²) in [5, 5.41) is 11.9. The van der Waals surface area contributed by atoms with Crippen LogP contribution in [-0.2, 0) is 19.1 Å². The van der Waals surface area contributed by atoms with Crippen LogP contribution in [0.1, 0.15) is 44.2 Å². The Kier molecular flexibility index (Phi) is 7.94. The Morgan fingerprint density at radius 2 is 1.59 bits per heavy atom. The van der Waals surface area contributed by atoms with Gasteiger partial charge in [-0.25, -0.2) is 4.79 Å². The molecular weight excluding hydrogens is 436 g/mol. The third kappa shape index (κ3) is 5.75. The van der Waals surface area contributed by atoms with E-state index in [1.807, 2.05) is 36.4 Å². The lowest BCUT2D eigenvalue weighted by Gasteiger charge is -2.37. The first-order valence-corrected chi connectivity index (χ1v) is 11.3. The van der Waals surface area contributed by atoms with Gasteiger partial charge in [0.1, 0.15) is 19.2 Å². The molecule has 0 fully saturated rings. The monoisotopic (exact) mass is 468 g/mol. The number of methoxy groups -OCH3 is 1. The number of carbonyl (C=O) groups excluding carboxylic acids is 2. The number of hydrogen-bond acceptors (Lipinski definition) is 5. The molecule has 2 aromatic carbocycles. The molecule has 0 aliphatic heterocycles. The Bertz CT molecular complexity index is 1000. The van der Waals surface area contributed by atoms with Crippen LogP contribution in [-0.4, -0.2) is 66.4 Å². The molecule has 1 aliphatic carbocycles. The summed E-state index contributed by atoms with van der Waals surface area (Å²) >= 11 is 0. The second-order valence-electron chi connectivity index (χ2n) is 9.29. The molecule has 1 aliphatic rings. The van der Waals surface area contributed by atoms with Gasteiger partial charge in [0, 0.05) is 31.6 Å². The van der Waals surface area contributed by atoms with E-state index in [0.29, 0.717) is 0 Å². The molecule has 0 heterocycles. The molecular formula is C26H32N2O6. The van der Waals surface area contributed by atoms with Crippen molar-refractivity contribution in [3.63, 3.8) is 0 Å². The van der Waals surface area contributed by atoms with E-state index < -0.39 is 36.1 Å². The van der Waals surface area contributed by atoms with Crippen LogP contribution in [0.25, 0.3) is 11.1 Å². The second kappa shape index (κ2) is 10.7. The molecule has 0 radical (unpaired) electrons. The van der Waals surface area contributed by atoms with Crippen LogP contribution >= 0.6 is 0 Å². The van der Waals surface area contributed by atoms with Crippen LogP contribution in [0.4, 0.5) is 4.79 Å². The number of rotatable bonds is 9. The highest BCUT2D eigenvalue weighted by atomic mass is 16.5. The number of fused-ring (bicyclic) bond motifs is 3. The topological polar surface area (TPSA) is 105 Å². The Balaban J connectivity index is 1.72. The first-order chi connectivity index (χ1) is 16.1. The normalized spacial score (nSPS) is 13.5. The van der Waals surface area contributed by atoms with Crippen molar-refractivity contribution in [2.24, 2.45) is 0 Å². The number of aliphatic carboxylic acids is 1. The number of nitrogens with zero attached hydrogens (tertiary/aromatic N) is 1. The van der Waals surface area contributed by atoms with Gasteiger partial charge in [0.05, 0.1) is 0 Å². The summed E-state index contributed by atoms with van der Waals surface area (Å²) in [5.41, 5.74) is 3.67. The van der Waals surface area contributed by atoms with Gasteiger partial charge in [-0.3, -0.25) is 9.59 Å². The molecule has 34 heavy (non-hydrogen) atoms. The van der Waals surface area contributed by atoms with Crippen molar-refractivity contribution in [3.8, 4) is 11.1 Å². The predicted octanol–water partition coefficient (Wildman–Crippen LogP) is 3.64. The highest BCUT2D eigenvalue weighted by Crippen LogP contribution is 2.44. The third-order valence-corrected chi connectivity index (χ3v) is 5.91. The van der Waals surface area contributed by atoms with Crippen molar-refractivity contribution in [1.82, 2.24) is 10.2 Å². The SMILES string of the molecule is COCCC(NC(=O)OCC1c2ccccc2-c2ccccc21)C(=O)N(CC(=O)O)C(C)(C)C. The average molecular weight is 469 g/mol. The smallest absolute Gasteiger partial charge is 0.407 e. The molecule has 3 rings (SSSR count). The molecule has 0 spiro atoms. The molecule has 2 amide bonds. The second-order valence-corrected chi connectivity index (χ2v) is 9.29. The molecule has 0 saturated carbocycles. The van der Waals surface area contributed by atoms with Crippen LogP contribution < -0.4 is 5.32 Å². The van der Waals surface area contributed by atoms with E-state index in [2.05, 4.69) is 17.4 Å². The number of nitrogens with one attached hydrogen (secondary N) is 1. The van der Waals surface area contributed by atoms with Crippen molar-refractivity contribution in [2.75, 3.05) is 26.9 Å². The molecule has 1 unspecified atom stereocenters. The van der Waals surface area contributed by atoms with Gasteiger partial charge in [0.2, 0.25) is 5.91 Å². The van der Waals surface area contributed by atoms with Gasteiger partial charge in [-0.15, -0.1) is 0 Å². The standard InChI is InChI=1S/C26H32N2O6/c1-26(2,3)28(15-23(29)30)24(31)22(13-14-33-4)27-25(32)34-16-21-19-11-7-5-9-17(19)18-10-6-8-12-20(18)21/h5-12,21-22H,13-16H2,1-4H3,(H,27,32)(H,29,30). The molecule has 0 bridgehead atoms. The molecule has 0 aromatic heterocycles. The van der Waals surface area contributed by atoms with Crippen LogP contribution in [0.2, 0.25) is 0 Å². The Labute approximate surface area is 199 Å². The molecule has 1 atom stereocenters. The zero-order valence-electron chi connectivity index (χ0n) is 20.0. The van der Waals surface area contributed by atoms with Gasteiger partial charge in [-0.2, -0.15) is 0 Å². The van der Waals surface area contributed by atoms with E-state index in [0.717, 1.165) is 22.3 Å². The number of hydrogen-bond donors (Lipinski definition) is 2. The van der Waals surface area contributed by atoms with E-state index in [9.17, 15) is 19.5 Å². The maximum atomic E-state index is 13.2. The van der Waals surface area contributed by atoms with Gasteiger partial charge >= 0.3 is 12.1 Å². The van der Waals surface area contributed by atoms with Gasteiger partial charge in [0.25, 0.3) is 0 Å². The molecule has 182 valence electrons. The summed E-state index contributed by atoms with van der Waals surface area (Å²) in [4.78, 5) is 38.5. The van der Waals surface area contributed by atoms with Crippen molar-refractivity contribution < 1.29 is 29.0 Å². The van der Waals surface area contributed by atoms with Crippen LogP contribution in [0.5, 0.6) is 0 Å². The van der Waals surface area contributed by atoms with Crippen molar-refractivity contribution in [2.45, 2.75) is 44.7 Å².